The maximum atomic E-state index is 13.0. The van der Waals surface area contributed by atoms with Crippen LogP contribution in [0.1, 0.15) is 23.3 Å². The monoisotopic (exact) mass is 332 g/mol. The van der Waals surface area contributed by atoms with E-state index in [2.05, 4.69) is 10.6 Å². The Labute approximate surface area is 137 Å². The van der Waals surface area contributed by atoms with Crippen molar-refractivity contribution >= 4 is 23.2 Å². The van der Waals surface area contributed by atoms with E-state index in [9.17, 15) is 14.0 Å². The number of carbonyl (C=O) groups excluding carboxylic acids is 2. The molecule has 2 aromatic rings. The van der Waals surface area contributed by atoms with Gasteiger partial charge in [-0.3, -0.25) is 9.59 Å². The average molecular weight is 332 g/mol. The summed E-state index contributed by atoms with van der Waals surface area (Å²) in [5.41, 5.74) is 0.843. The molecule has 0 saturated heterocycles. The van der Waals surface area contributed by atoms with Crippen molar-refractivity contribution in [3.05, 3.63) is 58.0 Å². The van der Waals surface area contributed by atoms with Crippen LogP contribution in [0.2, 0.25) is 0 Å². The lowest BCUT2D eigenvalue weighted by Crippen LogP contribution is -2.42. The number of benzene rings is 1. The number of hydrogen-bond donors (Lipinski definition) is 2. The van der Waals surface area contributed by atoms with Gasteiger partial charge < -0.3 is 10.6 Å². The highest BCUT2D eigenvalue weighted by molar-refractivity contribution is 7.09. The van der Waals surface area contributed by atoms with Crippen LogP contribution < -0.4 is 10.6 Å². The van der Waals surface area contributed by atoms with E-state index in [0.717, 1.165) is 23.3 Å². The molecular weight excluding hydrogens is 315 g/mol. The summed E-state index contributed by atoms with van der Waals surface area (Å²) < 4.78 is 13.0. The van der Waals surface area contributed by atoms with Crippen LogP contribution in [0, 0.1) is 5.82 Å². The molecule has 1 aromatic heterocycles. The maximum absolute atomic E-state index is 13.0. The molecule has 1 aliphatic carbocycles. The summed E-state index contributed by atoms with van der Waals surface area (Å²) >= 11 is 1.53. The Morgan fingerprint density at radius 2 is 1.78 bits per heavy atom. The Bertz CT molecular complexity index is 694. The van der Waals surface area contributed by atoms with E-state index in [-0.39, 0.29) is 11.2 Å². The number of thiophene rings is 1. The first-order valence-corrected chi connectivity index (χ1v) is 8.31. The highest BCUT2D eigenvalue weighted by Crippen LogP contribution is 2.47. The molecule has 0 unspecified atom stereocenters. The lowest BCUT2D eigenvalue weighted by molar-refractivity contribution is -0.139. The molecule has 1 heterocycles. The van der Waals surface area contributed by atoms with E-state index >= 15 is 0 Å². The quantitative estimate of drug-likeness (QED) is 0.826. The van der Waals surface area contributed by atoms with Crippen LogP contribution in [0.15, 0.2) is 41.8 Å². The second-order valence-corrected chi connectivity index (χ2v) is 6.76. The summed E-state index contributed by atoms with van der Waals surface area (Å²) in [7, 11) is 0. The zero-order valence-corrected chi connectivity index (χ0v) is 13.3. The largest absolute Gasteiger partial charge is 0.347 e. The summed E-state index contributed by atoms with van der Waals surface area (Å²) in [6, 6.07) is 10.1. The van der Waals surface area contributed by atoms with Gasteiger partial charge in [-0.25, -0.2) is 4.39 Å². The standard InChI is InChI=1S/C17H17FN2O2S/c18-13-5-3-12(4-6-13)17(7-8-17)11-20-16(22)15(21)19-10-14-2-1-9-23-14/h1-6,9H,7-8,10-11H2,(H,19,21)(H,20,22). The molecular formula is C17H17FN2O2S. The highest BCUT2D eigenvalue weighted by atomic mass is 32.1. The highest BCUT2D eigenvalue weighted by Gasteiger charge is 2.44. The minimum atomic E-state index is -0.631. The van der Waals surface area contributed by atoms with Crippen LogP contribution in [-0.2, 0) is 21.5 Å². The number of hydrogen-bond acceptors (Lipinski definition) is 3. The van der Waals surface area contributed by atoms with Gasteiger partial charge in [0, 0.05) is 16.8 Å². The second kappa shape index (κ2) is 6.50. The predicted octanol–water partition coefficient (Wildman–Crippen LogP) is 2.35. The van der Waals surface area contributed by atoms with Gasteiger partial charge in [0.05, 0.1) is 6.54 Å². The molecule has 1 saturated carbocycles. The van der Waals surface area contributed by atoms with Gasteiger partial charge in [-0.15, -0.1) is 11.3 Å². The third-order valence-electron chi connectivity index (χ3n) is 4.11. The van der Waals surface area contributed by atoms with E-state index in [1.165, 1.54) is 23.5 Å². The second-order valence-electron chi connectivity index (χ2n) is 5.73. The maximum Gasteiger partial charge on any atom is 0.309 e. The number of nitrogens with one attached hydrogen (secondary N) is 2. The molecule has 6 heteroatoms. The van der Waals surface area contributed by atoms with Crippen LogP contribution >= 0.6 is 11.3 Å². The van der Waals surface area contributed by atoms with E-state index in [4.69, 9.17) is 0 Å². The molecule has 23 heavy (non-hydrogen) atoms. The van der Waals surface area contributed by atoms with Crippen molar-refractivity contribution in [2.75, 3.05) is 6.54 Å². The van der Waals surface area contributed by atoms with Crippen LogP contribution in [0.25, 0.3) is 0 Å². The molecule has 120 valence electrons. The predicted molar refractivity (Wildman–Crippen MR) is 86.5 cm³/mol. The first kappa shape index (κ1) is 15.7. The first-order chi connectivity index (χ1) is 11.1. The molecule has 0 spiro atoms. The Kier molecular flexibility index (Phi) is 4.43. The zero-order valence-electron chi connectivity index (χ0n) is 12.5. The van der Waals surface area contributed by atoms with Crippen LogP contribution in [0.3, 0.4) is 0 Å². The van der Waals surface area contributed by atoms with Gasteiger partial charge in [0.1, 0.15) is 5.82 Å². The normalized spacial score (nSPS) is 15.0. The molecule has 4 nitrogen and oxygen atoms in total. The van der Waals surface area contributed by atoms with Crippen molar-refractivity contribution in [2.45, 2.75) is 24.8 Å². The van der Waals surface area contributed by atoms with Crippen LogP contribution in [0.4, 0.5) is 4.39 Å². The average Bonchev–Trinajstić information content (AvgIpc) is 3.16. The van der Waals surface area contributed by atoms with Crippen LogP contribution in [-0.4, -0.2) is 18.4 Å². The Morgan fingerprint density at radius 3 is 2.39 bits per heavy atom. The van der Waals surface area contributed by atoms with Gasteiger partial charge in [0.25, 0.3) is 0 Å². The summed E-state index contributed by atoms with van der Waals surface area (Å²) in [5.74, 6) is -1.54. The van der Waals surface area contributed by atoms with Crippen molar-refractivity contribution < 1.29 is 14.0 Å². The van der Waals surface area contributed by atoms with Crippen molar-refractivity contribution in [1.29, 1.82) is 0 Å². The summed E-state index contributed by atoms with van der Waals surface area (Å²) in [5, 5.41) is 7.20. The first-order valence-electron chi connectivity index (χ1n) is 7.44. The van der Waals surface area contributed by atoms with Gasteiger partial charge in [-0.2, -0.15) is 0 Å². The SMILES string of the molecule is O=C(NCc1cccs1)C(=O)NCC1(c2ccc(F)cc2)CC1. The minimum absolute atomic E-state index is 0.155. The minimum Gasteiger partial charge on any atom is -0.347 e. The summed E-state index contributed by atoms with van der Waals surface area (Å²) in [6.45, 7) is 0.747. The van der Waals surface area contributed by atoms with Gasteiger partial charge in [0.15, 0.2) is 0 Å². The third-order valence-corrected chi connectivity index (χ3v) is 4.98. The third kappa shape index (κ3) is 3.76. The number of carbonyl (C=O) groups is 2. The lowest BCUT2D eigenvalue weighted by Gasteiger charge is -2.16. The van der Waals surface area contributed by atoms with Gasteiger partial charge in [-0.1, -0.05) is 18.2 Å². The molecule has 2 amide bonds. The molecule has 1 aliphatic rings. The van der Waals surface area contributed by atoms with Gasteiger partial charge in [-0.05, 0) is 42.0 Å². The van der Waals surface area contributed by atoms with Crippen molar-refractivity contribution in [3.8, 4) is 0 Å². The Morgan fingerprint density at radius 1 is 1.09 bits per heavy atom. The van der Waals surface area contributed by atoms with Gasteiger partial charge in [0.2, 0.25) is 0 Å². The molecule has 0 atom stereocenters. The summed E-state index contributed by atoms with van der Waals surface area (Å²) in [4.78, 5) is 24.7. The molecule has 1 fully saturated rings. The molecule has 0 bridgehead atoms. The van der Waals surface area contributed by atoms with E-state index in [1.807, 2.05) is 17.5 Å². The fraction of sp³-hybridized carbons (Fsp3) is 0.294. The smallest absolute Gasteiger partial charge is 0.309 e. The molecule has 0 aliphatic heterocycles. The van der Waals surface area contributed by atoms with E-state index in [1.54, 1.807) is 12.1 Å². The van der Waals surface area contributed by atoms with Crippen molar-refractivity contribution in [2.24, 2.45) is 0 Å². The van der Waals surface area contributed by atoms with Crippen molar-refractivity contribution in [3.63, 3.8) is 0 Å². The van der Waals surface area contributed by atoms with Gasteiger partial charge >= 0.3 is 11.8 Å². The summed E-state index contributed by atoms with van der Waals surface area (Å²) in [6.07, 6.45) is 1.85. The van der Waals surface area contributed by atoms with Crippen LogP contribution in [0.5, 0.6) is 0 Å². The topological polar surface area (TPSA) is 58.2 Å². The number of halogens is 1. The molecule has 1 aromatic carbocycles. The Balaban J connectivity index is 1.50. The fourth-order valence-electron chi connectivity index (χ4n) is 2.51. The zero-order chi connectivity index (χ0) is 16.3. The van der Waals surface area contributed by atoms with E-state index < -0.39 is 11.8 Å². The lowest BCUT2D eigenvalue weighted by atomic mass is 9.96. The fourth-order valence-corrected chi connectivity index (χ4v) is 3.16. The molecule has 2 N–H and O–H groups in total. The number of amides is 2. The molecule has 0 radical (unpaired) electrons. The Hall–Kier alpha value is -2.21. The van der Waals surface area contributed by atoms with Crippen molar-refractivity contribution in [1.82, 2.24) is 10.6 Å². The molecule has 3 rings (SSSR count). The van der Waals surface area contributed by atoms with E-state index in [0.29, 0.717) is 13.1 Å². The number of rotatable bonds is 5.